The van der Waals surface area contributed by atoms with Crippen molar-refractivity contribution in [2.75, 3.05) is 6.61 Å². The predicted octanol–water partition coefficient (Wildman–Crippen LogP) is 4.07. The van der Waals surface area contributed by atoms with Crippen LogP contribution in [0.4, 0.5) is 4.39 Å². The first kappa shape index (κ1) is 14.0. The Labute approximate surface area is 120 Å². The summed E-state index contributed by atoms with van der Waals surface area (Å²) in [4.78, 5) is 0. The molecular weight excluding hydrogens is 311 g/mol. The summed E-state index contributed by atoms with van der Waals surface area (Å²) in [6.07, 6.45) is -1.01. The highest BCUT2D eigenvalue weighted by atomic mass is 79.9. The van der Waals surface area contributed by atoms with Crippen molar-refractivity contribution in [1.29, 1.82) is 0 Å². The van der Waals surface area contributed by atoms with Crippen LogP contribution in [0.1, 0.15) is 24.2 Å². The second-order valence-electron chi connectivity index (χ2n) is 4.04. The van der Waals surface area contributed by atoms with Crippen molar-refractivity contribution >= 4 is 15.9 Å². The van der Waals surface area contributed by atoms with E-state index in [4.69, 9.17) is 4.74 Å². The van der Waals surface area contributed by atoms with Gasteiger partial charge in [-0.1, -0.05) is 40.2 Å². The van der Waals surface area contributed by atoms with Gasteiger partial charge in [0.15, 0.2) is 0 Å². The summed E-state index contributed by atoms with van der Waals surface area (Å²) in [5, 5.41) is 10.3. The molecule has 0 saturated heterocycles. The van der Waals surface area contributed by atoms with Gasteiger partial charge in [-0.05, 0) is 30.7 Å². The molecule has 100 valence electrons. The fraction of sp³-hybridized carbons (Fsp3) is 0.200. The maximum Gasteiger partial charge on any atom is 0.129 e. The monoisotopic (exact) mass is 324 g/mol. The van der Waals surface area contributed by atoms with Crippen LogP contribution in [0.5, 0.6) is 5.75 Å². The Hall–Kier alpha value is -1.39. The van der Waals surface area contributed by atoms with Crippen LogP contribution >= 0.6 is 15.9 Å². The van der Waals surface area contributed by atoms with Gasteiger partial charge in [0.2, 0.25) is 0 Å². The van der Waals surface area contributed by atoms with Gasteiger partial charge in [-0.3, -0.25) is 0 Å². The average Bonchev–Trinajstić information content (AvgIpc) is 2.39. The Kier molecular flexibility index (Phi) is 4.56. The summed E-state index contributed by atoms with van der Waals surface area (Å²) in [5.41, 5.74) is 0.862. The number of aliphatic hydroxyl groups is 1. The molecule has 0 amide bonds. The molecule has 2 rings (SSSR count). The lowest BCUT2D eigenvalue weighted by atomic mass is 10.0. The molecule has 2 nitrogen and oxygen atoms in total. The number of hydrogen-bond acceptors (Lipinski definition) is 2. The van der Waals surface area contributed by atoms with Crippen molar-refractivity contribution in [3.63, 3.8) is 0 Å². The number of rotatable bonds is 4. The van der Waals surface area contributed by atoms with Crippen LogP contribution in [0.25, 0.3) is 0 Å². The lowest BCUT2D eigenvalue weighted by Gasteiger charge is -2.15. The molecule has 0 spiro atoms. The second-order valence-corrected chi connectivity index (χ2v) is 4.89. The van der Waals surface area contributed by atoms with Crippen LogP contribution in [-0.2, 0) is 0 Å². The van der Waals surface area contributed by atoms with E-state index in [2.05, 4.69) is 15.9 Å². The molecule has 1 atom stereocenters. The van der Waals surface area contributed by atoms with E-state index in [0.29, 0.717) is 22.4 Å². The summed E-state index contributed by atoms with van der Waals surface area (Å²) >= 11 is 3.38. The van der Waals surface area contributed by atoms with Gasteiger partial charge in [0, 0.05) is 10.0 Å². The standard InChI is InChI=1S/C15H14BrFO2/c1-2-19-10-7-8-11(13(16)9-10)15(18)12-5-3-4-6-14(12)17/h3-9,15,18H,2H2,1H3. The van der Waals surface area contributed by atoms with E-state index < -0.39 is 11.9 Å². The van der Waals surface area contributed by atoms with E-state index in [1.54, 1.807) is 36.4 Å². The third kappa shape index (κ3) is 3.14. The Morgan fingerprint density at radius 3 is 2.58 bits per heavy atom. The zero-order valence-electron chi connectivity index (χ0n) is 10.4. The first-order valence-electron chi connectivity index (χ1n) is 5.98. The minimum Gasteiger partial charge on any atom is -0.494 e. The third-order valence-electron chi connectivity index (χ3n) is 2.78. The lowest BCUT2D eigenvalue weighted by molar-refractivity contribution is 0.214. The van der Waals surface area contributed by atoms with Crippen LogP contribution in [0.3, 0.4) is 0 Å². The third-order valence-corrected chi connectivity index (χ3v) is 3.46. The largest absolute Gasteiger partial charge is 0.494 e. The molecule has 0 aliphatic rings. The Morgan fingerprint density at radius 2 is 1.95 bits per heavy atom. The van der Waals surface area contributed by atoms with E-state index in [0.717, 1.165) is 0 Å². The number of hydrogen-bond donors (Lipinski definition) is 1. The summed E-state index contributed by atoms with van der Waals surface area (Å²) in [5.74, 6) is 0.287. The number of halogens is 2. The summed E-state index contributed by atoms with van der Waals surface area (Å²) in [7, 11) is 0. The molecule has 19 heavy (non-hydrogen) atoms. The van der Waals surface area contributed by atoms with Crippen LogP contribution in [-0.4, -0.2) is 11.7 Å². The number of benzene rings is 2. The van der Waals surface area contributed by atoms with Gasteiger partial charge in [0.25, 0.3) is 0 Å². The first-order chi connectivity index (χ1) is 9.13. The molecule has 0 radical (unpaired) electrons. The molecule has 0 aromatic heterocycles. The molecule has 2 aromatic rings. The molecule has 1 N–H and O–H groups in total. The van der Waals surface area contributed by atoms with Crippen molar-refractivity contribution in [3.8, 4) is 5.75 Å². The molecule has 2 aromatic carbocycles. The van der Waals surface area contributed by atoms with Gasteiger partial charge < -0.3 is 9.84 Å². The summed E-state index contributed by atoms with van der Waals surface area (Å²) in [6.45, 7) is 2.47. The smallest absolute Gasteiger partial charge is 0.129 e. The van der Waals surface area contributed by atoms with Gasteiger partial charge in [0.05, 0.1) is 6.61 Å². The van der Waals surface area contributed by atoms with Crippen molar-refractivity contribution in [2.24, 2.45) is 0 Å². The highest BCUT2D eigenvalue weighted by Gasteiger charge is 2.17. The van der Waals surface area contributed by atoms with Crippen molar-refractivity contribution < 1.29 is 14.2 Å². The van der Waals surface area contributed by atoms with Crippen LogP contribution in [0.15, 0.2) is 46.9 Å². The molecule has 0 aliphatic heterocycles. The van der Waals surface area contributed by atoms with Crippen molar-refractivity contribution in [1.82, 2.24) is 0 Å². The normalized spacial score (nSPS) is 12.2. The van der Waals surface area contributed by atoms with E-state index in [-0.39, 0.29) is 5.56 Å². The first-order valence-corrected chi connectivity index (χ1v) is 6.77. The van der Waals surface area contributed by atoms with Gasteiger partial charge >= 0.3 is 0 Å². The van der Waals surface area contributed by atoms with E-state index >= 15 is 0 Å². The van der Waals surface area contributed by atoms with Crippen molar-refractivity contribution in [3.05, 3.63) is 63.9 Å². The topological polar surface area (TPSA) is 29.5 Å². The summed E-state index contributed by atoms with van der Waals surface area (Å²) in [6, 6.07) is 11.5. The SMILES string of the molecule is CCOc1ccc(C(O)c2ccccc2F)c(Br)c1. The van der Waals surface area contributed by atoms with E-state index in [1.165, 1.54) is 6.07 Å². The molecule has 0 fully saturated rings. The van der Waals surface area contributed by atoms with Gasteiger partial charge in [-0.15, -0.1) is 0 Å². The van der Waals surface area contributed by atoms with Crippen LogP contribution in [0, 0.1) is 5.82 Å². The Bertz CT molecular complexity index is 572. The lowest BCUT2D eigenvalue weighted by Crippen LogP contribution is -2.03. The summed E-state index contributed by atoms with van der Waals surface area (Å²) < 4.78 is 19.7. The van der Waals surface area contributed by atoms with Crippen LogP contribution in [0.2, 0.25) is 0 Å². The zero-order chi connectivity index (χ0) is 13.8. The molecule has 0 saturated carbocycles. The molecular formula is C15H14BrFO2. The van der Waals surface area contributed by atoms with E-state index in [9.17, 15) is 9.50 Å². The fourth-order valence-corrected chi connectivity index (χ4v) is 2.43. The van der Waals surface area contributed by atoms with Gasteiger partial charge in [-0.2, -0.15) is 0 Å². The van der Waals surface area contributed by atoms with Gasteiger partial charge in [0.1, 0.15) is 17.7 Å². The highest BCUT2D eigenvalue weighted by molar-refractivity contribution is 9.10. The van der Waals surface area contributed by atoms with Crippen molar-refractivity contribution in [2.45, 2.75) is 13.0 Å². The maximum atomic E-state index is 13.7. The molecule has 1 unspecified atom stereocenters. The average molecular weight is 325 g/mol. The Morgan fingerprint density at radius 1 is 1.21 bits per heavy atom. The van der Waals surface area contributed by atoms with E-state index in [1.807, 2.05) is 6.92 Å². The number of aliphatic hydroxyl groups excluding tert-OH is 1. The van der Waals surface area contributed by atoms with Gasteiger partial charge in [-0.25, -0.2) is 4.39 Å². The minimum atomic E-state index is -1.01. The quantitative estimate of drug-likeness (QED) is 0.918. The molecule has 0 aliphatic carbocycles. The van der Waals surface area contributed by atoms with Crippen LogP contribution < -0.4 is 4.74 Å². The second kappa shape index (κ2) is 6.17. The molecule has 0 bridgehead atoms. The minimum absolute atomic E-state index is 0.257. The fourth-order valence-electron chi connectivity index (χ4n) is 1.85. The Balaban J connectivity index is 2.34. The molecule has 0 heterocycles. The highest BCUT2D eigenvalue weighted by Crippen LogP contribution is 2.32. The number of ether oxygens (including phenoxy) is 1. The molecule has 4 heteroatoms. The predicted molar refractivity (Wildman–Crippen MR) is 75.8 cm³/mol. The zero-order valence-corrected chi connectivity index (χ0v) is 12.0. The maximum absolute atomic E-state index is 13.7.